The lowest BCUT2D eigenvalue weighted by molar-refractivity contribution is -0.387. The van der Waals surface area contributed by atoms with E-state index >= 15 is 0 Å². The van der Waals surface area contributed by atoms with E-state index in [1.165, 1.54) is 42.5 Å². The van der Waals surface area contributed by atoms with Gasteiger partial charge in [0.25, 0.3) is 15.7 Å². The Bertz CT molecular complexity index is 1240. The van der Waals surface area contributed by atoms with Crippen LogP contribution >= 0.6 is 23.2 Å². The number of nitro groups is 1. The van der Waals surface area contributed by atoms with Crippen LogP contribution in [0.4, 0.5) is 17.1 Å². The number of hydrogen-bond donors (Lipinski definition) is 1. The summed E-state index contributed by atoms with van der Waals surface area (Å²) >= 11 is 11.8. The Balaban J connectivity index is 1.98. The number of benzene rings is 3. The van der Waals surface area contributed by atoms with Gasteiger partial charge in [-0.25, -0.2) is 8.42 Å². The molecule has 0 aliphatic rings. The van der Waals surface area contributed by atoms with Gasteiger partial charge in [0.2, 0.25) is 5.91 Å². The molecule has 0 heterocycles. The van der Waals surface area contributed by atoms with E-state index in [-0.39, 0.29) is 10.7 Å². The van der Waals surface area contributed by atoms with E-state index < -0.39 is 38.0 Å². The molecule has 3 rings (SSSR count). The predicted octanol–water partition coefficient (Wildman–Crippen LogP) is 4.74. The topological polar surface area (TPSA) is 110 Å². The Morgan fingerprint density at radius 3 is 2.26 bits per heavy atom. The first kappa shape index (κ1) is 22.5. The summed E-state index contributed by atoms with van der Waals surface area (Å²) in [4.78, 5) is 22.7. The summed E-state index contributed by atoms with van der Waals surface area (Å²) in [5.41, 5.74) is -0.103. The lowest BCUT2D eigenvalue weighted by atomic mass is 10.3. The van der Waals surface area contributed by atoms with Crippen LogP contribution in [0.2, 0.25) is 10.0 Å². The van der Waals surface area contributed by atoms with Crippen LogP contribution in [0.25, 0.3) is 0 Å². The van der Waals surface area contributed by atoms with Crippen molar-refractivity contribution in [2.75, 3.05) is 16.2 Å². The number of carbonyl (C=O) groups is 1. The minimum Gasteiger partial charge on any atom is -0.324 e. The van der Waals surface area contributed by atoms with Gasteiger partial charge in [-0.15, -0.1) is 0 Å². The van der Waals surface area contributed by atoms with Crippen LogP contribution in [0, 0.1) is 10.1 Å². The Kier molecular flexibility index (Phi) is 6.79. The quantitative estimate of drug-likeness (QED) is 0.388. The van der Waals surface area contributed by atoms with Crippen molar-refractivity contribution in [3.63, 3.8) is 0 Å². The number of carbonyl (C=O) groups excluding carboxylic acids is 1. The van der Waals surface area contributed by atoms with Gasteiger partial charge in [-0.3, -0.25) is 19.2 Å². The molecule has 0 saturated carbocycles. The number of sulfonamides is 1. The minimum atomic E-state index is -4.45. The van der Waals surface area contributed by atoms with Crippen LogP contribution < -0.4 is 9.62 Å². The van der Waals surface area contributed by atoms with E-state index in [4.69, 9.17) is 23.2 Å². The second-order valence-electron chi connectivity index (χ2n) is 6.25. The zero-order chi connectivity index (χ0) is 22.6. The summed E-state index contributed by atoms with van der Waals surface area (Å²) in [5, 5.41) is 14.4. The van der Waals surface area contributed by atoms with Crippen molar-refractivity contribution in [1.82, 2.24) is 0 Å². The first-order valence-electron chi connectivity index (χ1n) is 8.76. The van der Waals surface area contributed by atoms with Crippen molar-refractivity contribution < 1.29 is 18.1 Å². The molecule has 31 heavy (non-hydrogen) atoms. The number of amides is 1. The maximum absolute atomic E-state index is 13.3. The monoisotopic (exact) mass is 479 g/mol. The number of para-hydroxylation sites is 2. The summed E-state index contributed by atoms with van der Waals surface area (Å²) in [7, 11) is -4.45. The van der Waals surface area contributed by atoms with Gasteiger partial charge in [0, 0.05) is 11.8 Å². The van der Waals surface area contributed by atoms with Crippen LogP contribution in [0.5, 0.6) is 0 Å². The normalized spacial score (nSPS) is 11.0. The zero-order valence-corrected chi connectivity index (χ0v) is 18.1. The molecular formula is C20H15Cl2N3O5S. The number of hydrogen-bond acceptors (Lipinski definition) is 5. The van der Waals surface area contributed by atoms with E-state index in [0.29, 0.717) is 10.7 Å². The van der Waals surface area contributed by atoms with Crippen LogP contribution in [0.3, 0.4) is 0 Å². The first-order valence-corrected chi connectivity index (χ1v) is 11.0. The molecule has 0 unspecified atom stereocenters. The summed E-state index contributed by atoms with van der Waals surface area (Å²) in [6, 6.07) is 17.2. The van der Waals surface area contributed by atoms with Gasteiger partial charge in [-0.05, 0) is 36.4 Å². The maximum Gasteiger partial charge on any atom is 0.289 e. The third kappa shape index (κ3) is 5.13. The lowest BCUT2D eigenvalue weighted by Gasteiger charge is -2.24. The van der Waals surface area contributed by atoms with Crippen LogP contribution in [0.15, 0.2) is 77.7 Å². The highest BCUT2D eigenvalue weighted by molar-refractivity contribution is 7.93. The van der Waals surface area contributed by atoms with E-state index in [2.05, 4.69) is 5.32 Å². The second kappa shape index (κ2) is 9.34. The van der Waals surface area contributed by atoms with Gasteiger partial charge < -0.3 is 5.32 Å². The Morgan fingerprint density at radius 1 is 0.968 bits per heavy atom. The van der Waals surface area contributed by atoms with E-state index in [0.717, 1.165) is 16.4 Å². The van der Waals surface area contributed by atoms with Gasteiger partial charge in [0.1, 0.15) is 6.54 Å². The second-order valence-corrected chi connectivity index (χ2v) is 8.89. The van der Waals surface area contributed by atoms with Crippen molar-refractivity contribution in [1.29, 1.82) is 0 Å². The molecule has 0 radical (unpaired) electrons. The van der Waals surface area contributed by atoms with Gasteiger partial charge in [0.05, 0.1) is 20.7 Å². The lowest BCUT2D eigenvalue weighted by Crippen LogP contribution is -2.38. The Morgan fingerprint density at radius 2 is 1.61 bits per heavy atom. The molecule has 3 aromatic rings. The fraction of sp³-hybridized carbons (Fsp3) is 0.0500. The number of nitrogens with zero attached hydrogens (tertiary/aromatic N) is 2. The smallest absolute Gasteiger partial charge is 0.289 e. The zero-order valence-electron chi connectivity index (χ0n) is 15.7. The molecule has 0 aliphatic carbocycles. The number of nitrogens with one attached hydrogen (secondary N) is 1. The number of halogens is 2. The highest BCUT2D eigenvalue weighted by Crippen LogP contribution is 2.30. The molecule has 0 atom stereocenters. The highest BCUT2D eigenvalue weighted by Gasteiger charge is 2.33. The number of rotatable bonds is 7. The summed E-state index contributed by atoms with van der Waals surface area (Å²) < 4.78 is 27.5. The van der Waals surface area contributed by atoms with Gasteiger partial charge in [0.15, 0.2) is 4.90 Å². The van der Waals surface area contributed by atoms with Gasteiger partial charge >= 0.3 is 0 Å². The van der Waals surface area contributed by atoms with Crippen molar-refractivity contribution in [2.45, 2.75) is 4.90 Å². The molecular weight excluding hydrogens is 465 g/mol. The summed E-state index contributed by atoms with van der Waals surface area (Å²) in [6.45, 7) is -0.626. The molecule has 0 aliphatic heterocycles. The third-order valence-electron chi connectivity index (χ3n) is 4.16. The van der Waals surface area contributed by atoms with Gasteiger partial charge in [-0.2, -0.15) is 0 Å². The van der Waals surface area contributed by atoms with Crippen molar-refractivity contribution in [3.05, 3.63) is 93.0 Å². The molecule has 160 valence electrons. The average Bonchev–Trinajstić information content (AvgIpc) is 2.75. The third-order valence-corrected chi connectivity index (χ3v) is 6.73. The Hall–Kier alpha value is -3.14. The summed E-state index contributed by atoms with van der Waals surface area (Å²) in [6.07, 6.45) is 0. The predicted molar refractivity (Wildman–Crippen MR) is 119 cm³/mol. The molecule has 1 amide bonds. The molecule has 0 fully saturated rings. The number of nitro benzene ring substituents is 1. The SMILES string of the molecule is O=C(CN(c1ccccc1)S(=O)(=O)c1ccccc1[N+](=O)[O-])Nc1ccc(Cl)c(Cl)c1. The molecule has 11 heteroatoms. The molecule has 0 bridgehead atoms. The van der Waals surface area contributed by atoms with Crippen molar-refractivity contribution >= 4 is 56.2 Å². The van der Waals surface area contributed by atoms with Crippen molar-refractivity contribution in [2.24, 2.45) is 0 Å². The van der Waals surface area contributed by atoms with E-state index in [1.807, 2.05) is 0 Å². The fourth-order valence-electron chi connectivity index (χ4n) is 2.76. The first-order chi connectivity index (χ1) is 14.7. The minimum absolute atomic E-state index is 0.171. The molecule has 0 aromatic heterocycles. The number of anilines is 2. The summed E-state index contributed by atoms with van der Waals surface area (Å²) in [5.74, 6) is -0.676. The van der Waals surface area contributed by atoms with E-state index in [1.54, 1.807) is 18.2 Å². The van der Waals surface area contributed by atoms with Crippen LogP contribution in [-0.4, -0.2) is 25.8 Å². The largest absolute Gasteiger partial charge is 0.324 e. The molecule has 0 saturated heterocycles. The molecule has 8 nitrogen and oxygen atoms in total. The average molecular weight is 480 g/mol. The van der Waals surface area contributed by atoms with Crippen LogP contribution in [0.1, 0.15) is 0 Å². The van der Waals surface area contributed by atoms with Crippen LogP contribution in [-0.2, 0) is 14.8 Å². The fourth-order valence-corrected chi connectivity index (χ4v) is 4.64. The Labute approximate surface area is 188 Å². The highest BCUT2D eigenvalue weighted by atomic mass is 35.5. The molecule has 1 N–H and O–H groups in total. The van der Waals surface area contributed by atoms with Gasteiger partial charge in [-0.1, -0.05) is 53.5 Å². The molecule has 3 aromatic carbocycles. The standard InChI is InChI=1S/C20H15Cl2N3O5S/c21-16-11-10-14(12-17(16)22)23-20(26)13-24(15-6-2-1-3-7-15)31(29,30)19-9-5-4-8-18(19)25(27)28/h1-12H,13H2,(H,23,26). The molecule has 0 spiro atoms. The maximum atomic E-state index is 13.3. The van der Waals surface area contributed by atoms with Crippen molar-refractivity contribution in [3.8, 4) is 0 Å². The van der Waals surface area contributed by atoms with E-state index in [9.17, 15) is 23.3 Å².